The summed E-state index contributed by atoms with van der Waals surface area (Å²) >= 11 is 0. The number of likely N-dealkylation sites (tertiary alicyclic amines) is 1. The van der Waals surface area contributed by atoms with Gasteiger partial charge in [-0.1, -0.05) is 6.07 Å². The molecular formula is C13H19N3. The maximum Gasteiger partial charge on any atom is 0.0364 e. The van der Waals surface area contributed by atoms with Crippen molar-refractivity contribution in [3.8, 4) is 0 Å². The Morgan fingerprint density at radius 3 is 2.94 bits per heavy atom. The minimum Gasteiger partial charge on any atom is -0.300 e. The van der Waals surface area contributed by atoms with Crippen molar-refractivity contribution in [2.24, 2.45) is 0 Å². The summed E-state index contributed by atoms with van der Waals surface area (Å²) in [5.41, 5.74) is 1.39. The maximum absolute atomic E-state index is 4.23. The van der Waals surface area contributed by atoms with Crippen LogP contribution in [0.15, 0.2) is 24.5 Å². The van der Waals surface area contributed by atoms with Crippen LogP contribution < -0.4 is 0 Å². The molecule has 16 heavy (non-hydrogen) atoms. The Labute approximate surface area is 97.1 Å². The predicted molar refractivity (Wildman–Crippen MR) is 64.2 cm³/mol. The number of hydrogen-bond donors (Lipinski definition) is 0. The van der Waals surface area contributed by atoms with Crippen LogP contribution in [0.1, 0.15) is 24.4 Å². The zero-order valence-corrected chi connectivity index (χ0v) is 9.68. The van der Waals surface area contributed by atoms with Gasteiger partial charge in [-0.2, -0.15) is 0 Å². The Morgan fingerprint density at radius 2 is 2.19 bits per heavy atom. The number of aromatic nitrogens is 1. The van der Waals surface area contributed by atoms with E-state index in [-0.39, 0.29) is 0 Å². The van der Waals surface area contributed by atoms with Crippen LogP contribution in [0.25, 0.3) is 0 Å². The molecule has 86 valence electrons. The van der Waals surface area contributed by atoms with Gasteiger partial charge in [0.2, 0.25) is 0 Å². The number of rotatable bonds is 4. The van der Waals surface area contributed by atoms with E-state index in [2.05, 4.69) is 26.9 Å². The normalized spacial score (nSPS) is 26.1. The smallest absolute Gasteiger partial charge is 0.0364 e. The predicted octanol–water partition coefficient (Wildman–Crippen LogP) is 1.53. The molecule has 2 aliphatic heterocycles. The van der Waals surface area contributed by atoms with Gasteiger partial charge in [0, 0.05) is 44.6 Å². The van der Waals surface area contributed by atoms with Crippen LogP contribution in [0.4, 0.5) is 0 Å². The van der Waals surface area contributed by atoms with Crippen LogP contribution in [0.2, 0.25) is 0 Å². The van der Waals surface area contributed by atoms with Crippen molar-refractivity contribution >= 4 is 0 Å². The van der Waals surface area contributed by atoms with Gasteiger partial charge in [0.1, 0.15) is 0 Å². The molecule has 3 heterocycles. The molecule has 2 aliphatic rings. The summed E-state index contributed by atoms with van der Waals surface area (Å²) in [5, 5.41) is 0. The molecule has 1 atom stereocenters. The summed E-state index contributed by atoms with van der Waals surface area (Å²) in [7, 11) is 0. The monoisotopic (exact) mass is 217 g/mol. The highest BCUT2D eigenvalue weighted by atomic mass is 15.3. The summed E-state index contributed by atoms with van der Waals surface area (Å²) in [6.07, 6.45) is 6.52. The van der Waals surface area contributed by atoms with Crippen molar-refractivity contribution < 1.29 is 0 Å². The minimum absolute atomic E-state index is 0.619. The van der Waals surface area contributed by atoms with Crippen LogP contribution in [0, 0.1) is 0 Å². The Balaban J connectivity index is 1.63. The van der Waals surface area contributed by atoms with E-state index in [4.69, 9.17) is 0 Å². The maximum atomic E-state index is 4.23. The Kier molecular flexibility index (Phi) is 2.89. The second-order valence-electron chi connectivity index (χ2n) is 4.82. The van der Waals surface area contributed by atoms with Crippen LogP contribution in [0.5, 0.6) is 0 Å². The lowest BCUT2D eigenvalue weighted by atomic mass is 10.1. The molecule has 0 spiro atoms. The molecule has 3 heteroatoms. The van der Waals surface area contributed by atoms with E-state index in [1.54, 1.807) is 0 Å². The number of pyridine rings is 1. The minimum atomic E-state index is 0.619. The first-order valence-corrected chi connectivity index (χ1v) is 6.30. The van der Waals surface area contributed by atoms with E-state index in [1.807, 2.05) is 12.4 Å². The third-order valence-corrected chi connectivity index (χ3v) is 3.68. The molecule has 0 saturated carbocycles. The molecule has 3 nitrogen and oxygen atoms in total. The van der Waals surface area contributed by atoms with Crippen molar-refractivity contribution in [2.45, 2.75) is 18.9 Å². The summed E-state index contributed by atoms with van der Waals surface area (Å²) in [6.45, 7) is 6.35. The lowest BCUT2D eigenvalue weighted by molar-refractivity contribution is 0.244. The van der Waals surface area contributed by atoms with E-state index in [1.165, 1.54) is 51.1 Å². The van der Waals surface area contributed by atoms with Gasteiger partial charge in [-0.05, 0) is 31.0 Å². The summed E-state index contributed by atoms with van der Waals surface area (Å²) in [4.78, 5) is 9.35. The van der Waals surface area contributed by atoms with Crippen molar-refractivity contribution in [1.82, 2.24) is 14.8 Å². The molecule has 1 aromatic rings. The van der Waals surface area contributed by atoms with Gasteiger partial charge >= 0.3 is 0 Å². The van der Waals surface area contributed by atoms with Gasteiger partial charge in [0.15, 0.2) is 0 Å². The van der Waals surface area contributed by atoms with Gasteiger partial charge in [-0.3, -0.25) is 14.8 Å². The molecule has 0 aromatic carbocycles. The van der Waals surface area contributed by atoms with Gasteiger partial charge in [-0.15, -0.1) is 0 Å². The molecule has 0 radical (unpaired) electrons. The Morgan fingerprint density at radius 1 is 1.25 bits per heavy atom. The van der Waals surface area contributed by atoms with Crippen LogP contribution in [-0.4, -0.2) is 47.5 Å². The van der Waals surface area contributed by atoms with Gasteiger partial charge in [-0.25, -0.2) is 0 Å². The van der Waals surface area contributed by atoms with Crippen molar-refractivity contribution in [2.75, 3.05) is 32.7 Å². The van der Waals surface area contributed by atoms with E-state index in [0.29, 0.717) is 6.04 Å². The molecule has 0 aliphatic carbocycles. The van der Waals surface area contributed by atoms with Crippen molar-refractivity contribution in [1.29, 1.82) is 0 Å². The summed E-state index contributed by atoms with van der Waals surface area (Å²) in [6, 6.07) is 4.89. The molecular weight excluding hydrogens is 198 g/mol. The number of hydrogen-bond acceptors (Lipinski definition) is 3. The third kappa shape index (κ3) is 2.25. The molecule has 1 unspecified atom stereocenters. The van der Waals surface area contributed by atoms with Gasteiger partial charge in [0.05, 0.1) is 0 Å². The van der Waals surface area contributed by atoms with E-state index in [9.17, 15) is 0 Å². The first kappa shape index (κ1) is 10.2. The zero-order valence-electron chi connectivity index (χ0n) is 9.68. The van der Waals surface area contributed by atoms with Crippen molar-refractivity contribution in [3.05, 3.63) is 30.1 Å². The highest BCUT2D eigenvalue weighted by molar-refractivity contribution is 5.15. The van der Waals surface area contributed by atoms with E-state index < -0.39 is 0 Å². The molecule has 3 rings (SSSR count). The number of nitrogens with zero attached hydrogens (tertiary/aromatic N) is 3. The summed E-state index contributed by atoms with van der Waals surface area (Å²) < 4.78 is 0. The molecule has 0 bridgehead atoms. The fraction of sp³-hybridized carbons (Fsp3) is 0.615. The largest absolute Gasteiger partial charge is 0.300 e. The SMILES string of the molecule is c1cncc(C2CCCN2CCN2CC2)c1. The second kappa shape index (κ2) is 4.52. The standard InChI is InChI=1S/C13H19N3/c1-3-12(11-14-5-1)13-4-2-6-16(13)10-9-15-7-8-15/h1,3,5,11,13H,2,4,6-10H2. The Bertz CT molecular complexity index is 334. The highest BCUT2D eigenvalue weighted by Crippen LogP contribution is 2.31. The first-order valence-electron chi connectivity index (χ1n) is 6.30. The zero-order chi connectivity index (χ0) is 10.8. The van der Waals surface area contributed by atoms with Gasteiger partial charge < -0.3 is 0 Å². The highest BCUT2D eigenvalue weighted by Gasteiger charge is 2.27. The van der Waals surface area contributed by atoms with Crippen LogP contribution in [-0.2, 0) is 0 Å². The molecule has 2 saturated heterocycles. The molecule has 2 fully saturated rings. The van der Waals surface area contributed by atoms with Crippen LogP contribution >= 0.6 is 0 Å². The quantitative estimate of drug-likeness (QED) is 0.713. The van der Waals surface area contributed by atoms with Gasteiger partial charge in [0.25, 0.3) is 0 Å². The molecule has 0 amide bonds. The fourth-order valence-corrected chi connectivity index (χ4v) is 2.61. The first-order chi connectivity index (χ1) is 7.93. The second-order valence-corrected chi connectivity index (χ2v) is 4.82. The summed E-state index contributed by atoms with van der Waals surface area (Å²) in [5.74, 6) is 0. The fourth-order valence-electron chi connectivity index (χ4n) is 2.61. The van der Waals surface area contributed by atoms with Crippen molar-refractivity contribution in [3.63, 3.8) is 0 Å². The van der Waals surface area contributed by atoms with E-state index >= 15 is 0 Å². The third-order valence-electron chi connectivity index (χ3n) is 3.68. The van der Waals surface area contributed by atoms with Crippen LogP contribution in [0.3, 0.4) is 0 Å². The topological polar surface area (TPSA) is 19.1 Å². The lowest BCUT2D eigenvalue weighted by Gasteiger charge is -2.24. The average molecular weight is 217 g/mol. The average Bonchev–Trinajstić information content (AvgIpc) is 3.05. The van der Waals surface area contributed by atoms with E-state index in [0.717, 1.165) is 0 Å². The lowest BCUT2D eigenvalue weighted by Crippen LogP contribution is -2.28. The molecule has 1 aromatic heterocycles. The molecule has 0 N–H and O–H groups in total. The Hall–Kier alpha value is -0.930.